The highest BCUT2D eigenvalue weighted by Crippen LogP contribution is 2.39. The van der Waals surface area contributed by atoms with E-state index in [2.05, 4.69) is 5.10 Å². The number of nitrogens with zero attached hydrogens (tertiary/aromatic N) is 1. The van der Waals surface area contributed by atoms with Gasteiger partial charge in [-0.25, -0.2) is 4.39 Å². The molecule has 82 valence electrons. The van der Waals surface area contributed by atoms with Gasteiger partial charge >= 0.3 is 0 Å². The summed E-state index contributed by atoms with van der Waals surface area (Å²) in [4.78, 5) is 0. The summed E-state index contributed by atoms with van der Waals surface area (Å²) in [5, 5.41) is 3.03. The summed E-state index contributed by atoms with van der Waals surface area (Å²) in [6.07, 6.45) is -0.427. The number of rotatable bonds is 1. The first-order valence-corrected chi connectivity index (χ1v) is 5.67. The molecule has 0 amide bonds. The smallest absolute Gasteiger partial charge is 0.144 e. The van der Waals surface area contributed by atoms with Crippen molar-refractivity contribution < 1.29 is 4.39 Å². The van der Waals surface area contributed by atoms with Gasteiger partial charge in [0.05, 0.1) is 11.7 Å². The number of aromatic nitrogens is 2. The minimum absolute atomic E-state index is 0.0444. The van der Waals surface area contributed by atoms with Gasteiger partial charge in [-0.3, -0.25) is 9.78 Å². The molecule has 1 aromatic heterocycles. The molecule has 2 unspecified atom stereocenters. The van der Waals surface area contributed by atoms with Crippen LogP contribution in [-0.2, 0) is 0 Å². The monoisotopic (exact) mass is 234 g/mol. The number of hydrogen-bond donors (Lipinski definition) is 1. The van der Waals surface area contributed by atoms with Crippen LogP contribution < -0.4 is 0 Å². The first-order valence-electron chi connectivity index (χ1n) is 5.26. The Bertz CT molecular complexity index is 558. The zero-order chi connectivity index (χ0) is 11.1. The first kappa shape index (κ1) is 9.78. The maximum atomic E-state index is 13.8. The molecule has 0 aliphatic carbocycles. The van der Waals surface area contributed by atoms with E-state index in [1.807, 2.05) is 35.0 Å². The quantitative estimate of drug-likeness (QED) is 0.748. The van der Waals surface area contributed by atoms with Gasteiger partial charge in [-0.2, -0.15) is 0 Å². The molecule has 16 heavy (non-hydrogen) atoms. The van der Waals surface area contributed by atoms with Gasteiger partial charge in [-0.05, 0) is 11.6 Å². The third kappa shape index (κ3) is 1.41. The Hall–Kier alpha value is -1.42. The van der Waals surface area contributed by atoms with Crippen LogP contribution in [0.25, 0.3) is 0 Å². The number of alkyl halides is 1. The number of aromatic amines is 1. The summed E-state index contributed by atoms with van der Waals surface area (Å²) >= 11 is 5.03. The Kier molecular flexibility index (Phi) is 2.17. The van der Waals surface area contributed by atoms with Gasteiger partial charge < -0.3 is 0 Å². The summed E-state index contributed by atoms with van der Waals surface area (Å²) in [5.74, 6) is 0. The molecule has 1 aromatic carbocycles. The van der Waals surface area contributed by atoms with E-state index < -0.39 is 6.17 Å². The number of fused-ring (bicyclic) bond motifs is 1. The Morgan fingerprint density at radius 3 is 2.81 bits per heavy atom. The lowest BCUT2D eigenvalue weighted by Gasteiger charge is -2.12. The van der Waals surface area contributed by atoms with Crippen LogP contribution in [0.1, 0.15) is 29.9 Å². The van der Waals surface area contributed by atoms with Crippen LogP contribution in [0, 0.1) is 4.64 Å². The molecule has 2 nitrogen and oxygen atoms in total. The van der Waals surface area contributed by atoms with Crippen molar-refractivity contribution in [1.29, 1.82) is 0 Å². The second kappa shape index (κ2) is 3.56. The largest absolute Gasteiger partial charge is 0.288 e. The zero-order valence-electron chi connectivity index (χ0n) is 8.56. The van der Waals surface area contributed by atoms with Crippen LogP contribution in [0.4, 0.5) is 4.39 Å². The summed E-state index contributed by atoms with van der Waals surface area (Å²) in [6.45, 7) is 0. The van der Waals surface area contributed by atoms with Crippen molar-refractivity contribution in [3.8, 4) is 0 Å². The lowest BCUT2D eigenvalue weighted by molar-refractivity contribution is 0.334. The molecule has 2 aromatic rings. The van der Waals surface area contributed by atoms with Gasteiger partial charge in [0.25, 0.3) is 0 Å². The highest BCUT2D eigenvalue weighted by molar-refractivity contribution is 7.71. The minimum Gasteiger partial charge on any atom is -0.288 e. The van der Waals surface area contributed by atoms with Gasteiger partial charge in [0.15, 0.2) is 0 Å². The average molecular weight is 234 g/mol. The van der Waals surface area contributed by atoms with Gasteiger partial charge in [0.1, 0.15) is 10.8 Å². The fraction of sp³-hybridized carbons (Fsp3) is 0.250. The molecular formula is C12H11FN2S. The molecule has 0 radical (unpaired) electrons. The van der Waals surface area contributed by atoms with E-state index in [1.165, 1.54) is 0 Å². The summed E-state index contributed by atoms with van der Waals surface area (Å²) in [6, 6.07) is 11.7. The number of H-pyrrole nitrogens is 1. The van der Waals surface area contributed by atoms with Crippen LogP contribution in [0.15, 0.2) is 36.4 Å². The van der Waals surface area contributed by atoms with E-state index in [-0.39, 0.29) is 6.04 Å². The third-order valence-electron chi connectivity index (χ3n) is 3.03. The molecule has 0 saturated heterocycles. The fourth-order valence-electron chi connectivity index (χ4n) is 2.30. The Morgan fingerprint density at radius 1 is 1.31 bits per heavy atom. The highest BCUT2D eigenvalue weighted by Gasteiger charge is 2.32. The maximum Gasteiger partial charge on any atom is 0.144 e. The van der Waals surface area contributed by atoms with E-state index >= 15 is 0 Å². The van der Waals surface area contributed by atoms with Crippen LogP contribution in [-0.4, -0.2) is 9.78 Å². The molecule has 1 N–H and O–H groups in total. The Labute approximate surface area is 97.7 Å². The van der Waals surface area contributed by atoms with E-state index in [0.717, 1.165) is 5.56 Å². The molecule has 2 heterocycles. The van der Waals surface area contributed by atoms with Gasteiger partial charge in [0, 0.05) is 6.42 Å². The number of hydrogen-bond acceptors (Lipinski definition) is 1. The van der Waals surface area contributed by atoms with Crippen LogP contribution >= 0.6 is 12.2 Å². The number of halogens is 1. The summed E-state index contributed by atoms with van der Waals surface area (Å²) < 4.78 is 16.2. The first-order chi connectivity index (χ1) is 7.75. The molecule has 0 bridgehead atoms. The van der Waals surface area contributed by atoms with E-state index in [1.54, 1.807) is 6.07 Å². The normalized spacial score (nSPS) is 23.3. The standard InChI is InChI=1S/C12H11FN2S/c13-9-6-10(8-4-2-1-3-5-8)15-11(9)7-12(16)14-15/h1-5,7,9-10H,6H2,(H,14,16). The molecule has 0 saturated carbocycles. The summed E-state index contributed by atoms with van der Waals surface area (Å²) in [7, 11) is 0. The molecule has 4 heteroatoms. The van der Waals surface area contributed by atoms with Crippen molar-refractivity contribution in [2.24, 2.45) is 0 Å². The topological polar surface area (TPSA) is 20.7 Å². The second-order valence-corrected chi connectivity index (χ2v) is 4.48. The molecule has 2 atom stereocenters. The fourth-order valence-corrected chi connectivity index (χ4v) is 2.52. The summed E-state index contributed by atoms with van der Waals surface area (Å²) in [5.41, 5.74) is 1.78. The maximum absolute atomic E-state index is 13.8. The SMILES string of the molecule is FC1CC(c2ccccc2)n2[nH]c(=S)cc21. The second-order valence-electron chi connectivity index (χ2n) is 4.04. The van der Waals surface area contributed by atoms with Crippen molar-refractivity contribution in [2.45, 2.75) is 18.6 Å². The minimum atomic E-state index is -0.918. The van der Waals surface area contributed by atoms with Crippen molar-refractivity contribution >= 4 is 12.2 Å². The van der Waals surface area contributed by atoms with Crippen LogP contribution in [0.3, 0.4) is 0 Å². The van der Waals surface area contributed by atoms with Crippen LogP contribution in [0.5, 0.6) is 0 Å². The molecular weight excluding hydrogens is 223 g/mol. The van der Waals surface area contributed by atoms with Crippen molar-refractivity contribution in [3.63, 3.8) is 0 Å². The van der Waals surface area contributed by atoms with Crippen LogP contribution in [0.2, 0.25) is 0 Å². The predicted molar refractivity (Wildman–Crippen MR) is 62.7 cm³/mol. The van der Waals surface area contributed by atoms with Gasteiger partial charge in [0.2, 0.25) is 0 Å². The van der Waals surface area contributed by atoms with Crippen molar-refractivity contribution in [3.05, 3.63) is 52.3 Å². The lowest BCUT2D eigenvalue weighted by Crippen LogP contribution is -2.06. The van der Waals surface area contributed by atoms with E-state index in [4.69, 9.17) is 12.2 Å². The highest BCUT2D eigenvalue weighted by atomic mass is 32.1. The zero-order valence-corrected chi connectivity index (χ0v) is 9.38. The number of benzene rings is 1. The van der Waals surface area contributed by atoms with Gasteiger partial charge in [-0.1, -0.05) is 42.5 Å². The van der Waals surface area contributed by atoms with E-state index in [9.17, 15) is 4.39 Å². The molecule has 0 spiro atoms. The van der Waals surface area contributed by atoms with E-state index in [0.29, 0.717) is 16.8 Å². The molecule has 0 fully saturated rings. The Balaban J connectivity index is 2.10. The number of nitrogens with one attached hydrogen (secondary N) is 1. The third-order valence-corrected chi connectivity index (χ3v) is 3.24. The molecule has 1 aliphatic heterocycles. The Morgan fingerprint density at radius 2 is 2.06 bits per heavy atom. The van der Waals surface area contributed by atoms with Gasteiger partial charge in [-0.15, -0.1) is 0 Å². The molecule has 1 aliphatic rings. The average Bonchev–Trinajstić information content (AvgIpc) is 2.80. The predicted octanol–water partition coefficient (Wildman–Crippen LogP) is 3.55. The van der Waals surface area contributed by atoms with Crippen molar-refractivity contribution in [1.82, 2.24) is 9.78 Å². The lowest BCUT2D eigenvalue weighted by atomic mass is 10.0. The molecule has 3 rings (SSSR count). The van der Waals surface area contributed by atoms with Crippen molar-refractivity contribution in [2.75, 3.05) is 0 Å².